The van der Waals surface area contributed by atoms with Gasteiger partial charge in [0.05, 0.1) is 29.8 Å². The van der Waals surface area contributed by atoms with Crippen molar-refractivity contribution in [2.75, 3.05) is 30.4 Å². The quantitative estimate of drug-likeness (QED) is 0.323. The number of β-amino-alcohol motifs (C(OH)–C–C–N with tert-alkyl or cyclic N) is 1. The largest absolute Gasteiger partial charge is 0.494 e. The Balaban J connectivity index is 1.29. The number of aliphatic hydroxyl groups is 1. The van der Waals surface area contributed by atoms with Crippen LogP contribution in [0.3, 0.4) is 0 Å². The van der Waals surface area contributed by atoms with Crippen LogP contribution in [-0.4, -0.2) is 68.4 Å². The molecular weight excluding hydrogens is 594 g/mol. The lowest BCUT2D eigenvalue weighted by Gasteiger charge is -2.35. The monoisotopic (exact) mass is 623 g/mol. The van der Waals surface area contributed by atoms with Crippen molar-refractivity contribution in [2.45, 2.75) is 34.2 Å². The first-order chi connectivity index (χ1) is 19.4. The third-order valence-electron chi connectivity index (χ3n) is 8.13. The van der Waals surface area contributed by atoms with Gasteiger partial charge in [-0.25, -0.2) is 0 Å². The number of carbonyl (C=O) groups is 3. The maximum atomic E-state index is 13.9. The second-order valence-electron chi connectivity index (χ2n) is 10.4. The van der Waals surface area contributed by atoms with Crippen molar-refractivity contribution in [3.8, 4) is 5.75 Å². The van der Waals surface area contributed by atoms with Crippen LogP contribution < -0.4 is 15.4 Å². The Morgan fingerprint density at radius 1 is 1.05 bits per heavy atom. The van der Waals surface area contributed by atoms with E-state index in [-0.39, 0.29) is 41.0 Å². The summed E-state index contributed by atoms with van der Waals surface area (Å²) < 4.78 is 4.71. The minimum Gasteiger partial charge on any atom is -0.494 e. The number of alkyl halides is 1. The van der Waals surface area contributed by atoms with Crippen LogP contribution in [0.5, 0.6) is 5.75 Å². The summed E-state index contributed by atoms with van der Waals surface area (Å²) in [6.45, 7) is 2.20. The van der Waals surface area contributed by atoms with Crippen LogP contribution in [-0.2, 0) is 14.4 Å². The predicted octanol–water partition coefficient (Wildman–Crippen LogP) is 4.27. The lowest BCUT2D eigenvalue weighted by atomic mass is 9.70. The van der Waals surface area contributed by atoms with Crippen LogP contribution >= 0.6 is 27.7 Å². The van der Waals surface area contributed by atoms with Crippen molar-refractivity contribution in [2.24, 2.45) is 11.8 Å². The number of benzene rings is 3. The zero-order valence-corrected chi connectivity index (χ0v) is 24.3. The Hall–Kier alpha value is -3.08. The molecule has 40 heavy (non-hydrogen) atoms. The molecule has 3 saturated heterocycles. The minimum absolute atomic E-state index is 0.0261. The Morgan fingerprint density at radius 3 is 2.48 bits per heavy atom. The van der Waals surface area contributed by atoms with E-state index in [0.29, 0.717) is 30.2 Å². The number of rotatable bonds is 8. The molecule has 10 heteroatoms. The molecule has 6 rings (SSSR count). The molecule has 3 fully saturated rings. The zero-order chi connectivity index (χ0) is 28.0. The highest BCUT2D eigenvalue weighted by atomic mass is 79.9. The van der Waals surface area contributed by atoms with E-state index < -0.39 is 22.6 Å². The number of nitrogens with one attached hydrogen (secondary N) is 2. The van der Waals surface area contributed by atoms with Gasteiger partial charge in [-0.2, -0.15) is 0 Å². The lowest BCUT2D eigenvalue weighted by molar-refractivity contribution is -0.138. The van der Waals surface area contributed by atoms with Crippen LogP contribution in [0.1, 0.15) is 13.3 Å². The first-order valence-electron chi connectivity index (χ1n) is 13.4. The van der Waals surface area contributed by atoms with E-state index in [2.05, 4.69) is 26.6 Å². The molecule has 3 heterocycles. The molecule has 3 unspecified atom stereocenters. The van der Waals surface area contributed by atoms with Gasteiger partial charge in [0.2, 0.25) is 17.7 Å². The first-order valence-corrected chi connectivity index (χ1v) is 15.2. The number of thioether (sulfide) groups is 1. The van der Waals surface area contributed by atoms with Crippen molar-refractivity contribution in [1.29, 1.82) is 0 Å². The van der Waals surface area contributed by atoms with Crippen LogP contribution in [0.4, 0.5) is 11.4 Å². The summed E-state index contributed by atoms with van der Waals surface area (Å²) in [4.78, 5) is 43.0. The van der Waals surface area contributed by atoms with Gasteiger partial charge in [-0.15, -0.1) is 11.8 Å². The van der Waals surface area contributed by atoms with E-state index in [9.17, 15) is 19.5 Å². The third kappa shape index (κ3) is 4.46. The van der Waals surface area contributed by atoms with E-state index >= 15 is 0 Å². The molecule has 0 aliphatic carbocycles. The summed E-state index contributed by atoms with van der Waals surface area (Å²) in [5.41, 5.74) is 1.25. The van der Waals surface area contributed by atoms with Gasteiger partial charge in [-0.05, 0) is 60.5 Å². The van der Waals surface area contributed by atoms with Crippen LogP contribution in [0.15, 0.2) is 66.7 Å². The van der Waals surface area contributed by atoms with Crippen molar-refractivity contribution in [1.82, 2.24) is 4.90 Å². The van der Waals surface area contributed by atoms with Crippen LogP contribution in [0, 0.1) is 11.8 Å². The number of likely N-dealkylation sites (tertiary alicyclic amines) is 1. The molecule has 3 aliphatic rings. The van der Waals surface area contributed by atoms with Gasteiger partial charge in [0.25, 0.3) is 0 Å². The number of fused-ring (bicyclic) bond motifs is 2. The van der Waals surface area contributed by atoms with Gasteiger partial charge in [0.1, 0.15) is 11.8 Å². The summed E-state index contributed by atoms with van der Waals surface area (Å²) in [6, 6.07) is 19.9. The van der Waals surface area contributed by atoms with E-state index in [1.807, 2.05) is 49.4 Å². The standard InChI is InChI=1S/C30H30BrN3O5S/c1-2-39-21-11-9-19(10-12-21)32-27(36)23-24-29(38)34(13-14-35)26(30(24)16-22(31)25(23)40-30)28(37)33-20-8-7-17-5-3-4-6-18(17)15-20/h3-12,15,22-26,35H,2,13-14,16H2,1H3,(H,32,36)(H,33,37)/t22?,23-,24+,25-,26?,30?/m1/s1. The highest BCUT2D eigenvalue weighted by molar-refractivity contribution is 9.09. The van der Waals surface area contributed by atoms with E-state index in [1.54, 1.807) is 36.0 Å². The normalized spacial score (nSPS) is 28.5. The summed E-state index contributed by atoms with van der Waals surface area (Å²) in [7, 11) is 0. The summed E-state index contributed by atoms with van der Waals surface area (Å²) in [5, 5.41) is 17.7. The summed E-state index contributed by atoms with van der Waals surface area (Å²) in [5.74, 6) is -1.39. The molecule has 0 aromatic heterocycles. The number of anilines is 2. The smallest absolute Gasteiger partial charge is 0.248 e. The van der Waals surface area contributed by atoms with Gasteiger partial charge >= 0.3 is 0 Å². The number of hydrogen-bond acceptors (Lipinski definition) is 6. The molecular formula is C30H30BrN3O5S. The fourth-order valence-corrected chi connectivity index (χ4v) is 10.2. The second-order valence-corrected chi connectivity index (χ2v) is 13.1. The molecule has 3 amide bonds. The maximum absolute atomic E-state index is 13.9. The molecule has 0 saturated carbocycles. The molecule has 208 valence electrons. The van der Waals surface area contributed by atoms with Gasteiger partial charge in [0, 0.05) is 28.0 Å². The fraction of sp³-hybridized carbons (Fsp3) is 0.367. The first kappa shape index (κ1) is 27.1. The second kappa shape index (κ2) is 10.7. The van der Waals surface area contributed by atoms with E-state index in [1.165, 1.54) is 4.90 Å². The van der Waals surface area contributed by atoms with Crippen molar-refractivity contribution >= 4 is 67.6 Å². The lowest BCUT2D eigenvalue weighted by Crippen LogP contribution is -2.53. The highest BCUT2D eigenvalue weighted by Gasteiger charge is 2.75. The molecule has 3 aliphatic heterocycles. The predicted molar refractivity (Wildman–Crippen MR) is 160 cm³/mol. The highest BCUT2D eigenvalue weighted by Crippen LogP contribution is 2.67. The summed E-state index contributed by atoms with van der Waals surface area (Å²) >= 11 is 5.33. The Labute approximate surface area is 245 Å². The topological polar surface area (TPSA) is 108 Å². The molecule has 3 aromatic carbocycles. The molecule has 2 bridgehead atoms. The number of carbonyl (C=O) groups excluding carboxylic acids is 3. The SMILES string of the molecule is CCOc1ccc(NC(=O)[C@H]2[C@@H]3SC4(CC3Br)C(C(=O)Nc3ccc5ccccc5c3)N(CCO)C(=O)[C@H]24)cc1. The molecule has 6 atom stereocenters. The Kier molecular flexibility index (Phi) is 7.27. The Morgan fingerprint density at radius 2 is 1.75 bits per heavy atom. The van der Waals surface area contributed by atoms with Crippen LogP contribution in [0.25, 0.3) is 10.8 Å². The zero-order valence-electron chi connectivity index (χ0n) is 21.9. The number of amides is 3. The molecule has 8 nitrogen and oxygen atoms in total. The van der Waals surface area contributed by atoms with E-state index in [4.69, 9.17) is 4.74 Å². The van der Waals surface area contributed by atoms with Gasteiger partial charge in [0.15, 0.2) is 0 Å². The van der Waals surface area contributed by atoms with Gasteiger partial charge in [-0.3, -0.25) is 14.4 Å². The number of halogens is 1. The Bertz CT molecular complexity index is 1470. The minimum atomic E-state index is -0.818. The average Bonchev–Trinajstić information content (AvgIpc) is 3.53. The average molecular weight is 625 g/mol. The van der Waals surface area contributed by atoms with Crippen LogP contribution in [0.2, 0.25) is 0 Å². The van der Waals surface area contributed by atoms with Gasteiger partial charge < -0.3 is 25.4 Å². The molecule has 0 radical (unpaired) electrons. The number of nitrogens with zero attached hydrogens (tertiary/aromatic N) is 1. The maximum Gasteiger partial charge on any atom is 0.248 e. The fourth-order valence-electron chi connectivity index (χ4n) is 6.58. The number of aliphatic hydroxyl groups excluding tert-OH is 1. The van der Waals surface area contributed by atoms with Gasteiger partial charge in [-0.1, -0.05) is 46.3 Å². The molecule has 3 aromatic rings. The number of ether oxygens (including phenoxy) is 1. The van der Waals surface area contributed by atoms with E-state index in [0.717, 1.165) is 10.8 Å². The van der Waals surface area contributed by atoms with Crippen molar-refractivity contribution in [3.63, 3.8) is 0 Å². The molecule has 1 spiro atoms. The number of hydrogen-bond donors (Lipinski definition) is 3. The summed E-state index contributed by atoms with van der Waals surface area (Å²) in [6.07, 6.45) is 0.573. The molecule has 3 N–H and O–H groups in total. The van der Waals surface area contributed by atoms with Crippen molar-refractivity contribution < 1.29 is 24.2 Å². The van der Waals surface area contributed by atoms with Crippen molar-refractivity contribution in [3.05, 3.63) is 66.7 Å². The third-order valence-corrected chi connectivity index (χ3v) is 11.4.